The Hall–Kier alpha value is -3.43. The van der Waals surface area contributed by atoms with Crippen LogP contribution in [0.5, 0.6) is 0 Å². The van der Waals surface area contributed by atoms with Crippen molar-refractivity contribution in [2.24, 2.45) is 5.10 Å². The van der Waals surface area contributed by atoms with Crippen molar-refractivity contribution < 1.29 is 18.7 Å². The molecule has 1 aliphatic rings. The minimum absolute atomic E-state index is 0.0485. The van der Waals surface area contributed by atoms with Crippen molar-refractivity contribution in [3.05, 3.63) is 70.5 Å². The molecule has 0 aliphatic carbocycles. The summed E-state index contributed by atoms with van der Waals surface area (Å²) >= 11 is 3.41. The van der Waals surface area contributed by atoms with Crippen molar-refractivity contribution in [3.63, 3.8) is 0 Å². The molecule has 2 aromatic carbocycles. The maximum absolute atomic E-state index is 12.7. The minimum Gasteiger partial charge on any atom is -0.451 e. The van der Waals surface area contributed by atoms with Crippen LogP contribution in [0.15, 0.2) is 68.7 Å². The number of fused-ring (bicyclic) bond motifs is 2. The summed E-state index contributed by atoms with van der Waals surface area (Å²) in [4.78, 5) is 27.0. The lowest BCUT2D eigenvalue weighted by Crippen LogP contribution is -2.42. The van der Waals surface area contributed by atoms with E-state index in [0.717, 1.165) is 26.3 Å². The van der Waals surface area contributed by atoms with Gasteiger partial charge in [0, 0.05) is 45.6 Å². The van der Waals surface area contributed by atoms with Crippen LogP contribution in [0.1, 0.15) is 16.1 Å². The summed E-state index contributed by atoms with van der Waals surface area (Å²) in [5.74, 6) is -0.212. The van der Waals surface area contributed by atoms with Crippen molar-refractivity contribution in [2.45, 2.75) is 6.54 Å². The smallest absolute Gasteiger partial charge is 0.307 e. The molecule has 5 rings (SSSR count). The van der Waals surface area contributed by atoms with Crippen LogP contribution < -0.4 is 5.43 Å². The number of morpholine rings is 1. The van der Waals surface area contributed by atoms with E-state index in [1.807, 2.05) is 52.1 Å². The highest BCUT2D eigenvalue weighted by molar-refractivity contribution is 9.10. The molecule has 0 spiro atoms. The van der Waals surface area contributed by atoms with Crippen molar-refractivity contribution in [1.29, 1.82) is 0 Å². The van der Waals surface area contributed by atoms with Gasteiger partial charge in [0.1, 0.15) is 12.1 Å². The highest BCUT2D eigenvalue weighted by atomic mass is 79.9. The molecule has 1 saturated heterocycles. The van der Waals surface area contributed by atoms with Crippen LogP contribution in [0, 0.1) is 0 Å². The fourth-order valence-electron chi connectivity index (χ4n) is 3.91. The Morgan fingerprint density at radius 2 is 1.94 bits per heavy atom. The van der Waals surface area contributed by atoms with E-state index >= 15 is 0 Å². The van der Waals surface area contributed by atoms with Gasteiger partial charge in [0.2, 0.25) is 5.91 Å². The number of nitrogens with one attached hydrogen (secondary N) is 1. The second-order valence-electron chi connectivity index (χ2n) is 7.71. The lowest BCUT2D eigenvalue weighted by Gasteiger charge is -2.27. The van der Waals surface area contributed by atoms with Crippen LogP contribution in [-0.4, -0.2) is 53.8 Å². The first kappa shape index (κ1) is 21.4. The maximum Gasteiger partial charge on any atom is 0.307 e. The van der Waals surface area contributed by atoms with Crippen LogP contribution in [0.3, 0.4) is 0 Å². The van der Waals surface area contributed by atoms with E-state index in [4.69, 9.17) is 9.15 Å². The van der Waals surface area contributed by atoms with E-state index in [2.05, 4.69) is 26.5 Å². The molecular formula is C24H21BrN4O4. The second kappa shape index (κ2) is 9.21. The first-order valence-electron chi connectivity index (χ1n) is 10.5. The molecule has 4 aromatic rings. The molecule has 0 atom stereocenters. The molecule has 168 valence electrons. The molecule has 2 amide bonds. The molecular weight excluding hydrogens is 488 g/mol. The van der Waals surface area contributed by atoms with Crippen molar-refractivity contribution >= 4 is 55.8 Å². The van der Waals surface area contributed by atoms with Gasteiger partial charge in [-0.3, -0.25) is 9.59 Å². The SMILES string of the molecule is O=C(N/N=C\c1cn(CC(=O)N2CCOCC2)c2ccccc12)c1cc2cc(Br)ccc2o1. The largest absolute Gasteiger partial charge is 0.451 e. The van der Waals surface area contributed by atoms with Crippen LogP contribution in [0.4, 0.5) is 0 Å². The number of furan rings is 1. The fraction of sp³-hybridized carbons (Fsp3) is 0.208. The van der Waals surface area contributed by atoms with Gasteiger partial charge in [-0.25, -0.2) is 5.43 Å². The predicted octanol–water partition coefficient (Wildman–Crippen LogP) is 3.77. The van der Waals surface area contributed by atoms with Gasteiger partial charge in [0.05, 0.1) is 19.4 Å². The van der Waals surface area contributed by atoms with Gasteiger partial charge in [0.25, 0.3) is 0 Å². The number of hydrogen-bond acceptors (Lipinski definition) is 5. The third-order valence-electron chi connectivity index (χ3n) is 5.56. The molecule has 1 fully saturated rings. The number of hydrazone groups is 1. The van der Waals surface area contributed by atoms with Crippen molar-refractivity contribution in [1.82, 2.24) is 14.9 Å². The Morgan fingerprint density at radius 1 is 1.12 bits per heavy atom. The van der Waals surface area contributed by atoms with Gasteiger partial charge in [-0.2, -0.15) is 5.10 Å². The Balaban J connectivity index is 1.32. The summed E-state index contributed by atoms with van der Waals surface area (Å²) in [6, 6.07) is 15.0. The lowest BCUT2D eigenvalue weighted by atomic mass is 10.2. The van der Waals surface area contributed by atoms with Gasteiger partial charge < -0.3 is 18.6 Å². The Labute approximate surface area is 197 Å². The molecule has 2 aromatic heterocycles. The van der Waals surface area contributed by atoms with Crippen LogP contribution in [0.2, 0.25) is 0 Å². The summed E-state index contributed by atoms with van der Waals surface area (Å²) in [6.45, 7) is 2.58. The molecule has 1 N–H and O–H groups in total. The second-order valence-corrected chi connectivity index (χ2v) is 8.63. The van der Waals surface area contributed by atoms with Gasteiger partial charge in [-0.1, -0.05) is 34.1 Å². The van der Waals surface area contributed by atoms with Crippen LogP contribution in [0.25, 0.3) is 21.9 Å². The quantitative estimate of drug-likeness (QED) is 0.328. The number of carbonyl (C=O) groups is 2. The molecule has 0 saturated carbocycles. The number of para-hydroxylation sites is 1. The number of amides is 2. The van der Waals surface area contributed by atoms with Crippen molar-refractivity contribution in [2.75, 3.05) is 26.3 Å². The van der Waals surface area contributed by atoms with E-state index < -0.39 is 5.91 Å². The third kappa shape index (κ3) is 4.55. The molecule has 33 heavy (non-hydrogen) atoms. The number of ether oxygens (including phenoxy) is 1. The topological polar surface area (TPSA) is 89.1 Å². The highest BCUT2D eigenvalue weighted by Crippen LogP contribution is 2.23. The van der Waals surface area contributed by atoms with E-state index in [9.17, 15) is 9.59 Å². The summed E-state index contributed by atoms with van der Waals surface area (Å²) in [5.41, 5.74) is 4.87. The number of nitrogens with zero attached hydrogens (tertiary/aromatic N) is 3. The Morgan fingerprint density at radius 3 is 2.79 bits per heavy atom. The number of carbonyl (C=O) groups excluding carboxylic acids is 2. The fourth-order valence-corrected chi connectivity index (χ4v) is 4.29. The molecule has 9 heteroatoms. The van der Waals surface area contributed by atoms with E-state index in [0.29, 0.717) is 31.9 Å². The number of benzene rings is 2. The summed E-state index contributed by atoms with van der Waals surface area (Å²) < 4.78 is 13.7. The van der Waals surface area contributed by atoms with Gasteiger partial charge in [-0.05, 0) is 30.3 Å². The molecule has 3 heterocycles. The number of halogens is 1. The average Bonchev–Trinajstić information content (AvgIpc) is 3.41. The Kier molecular flexibility index (Phi) is 5.97. The predicted molar refractivity (Wildman–Crippen MR) is 128 cm³/mol. The third-order valence-corrected chi connectivity index (χ3v) is 6.05. The highest BCUT2D eigenvalue weighted by Gasteiger charge is 2.18. The van der Waals surface area contributed by atoms with E-state index in [1.165, 1.54) is 0 Å². The molecule has 0 unspecified atom stereocenters. The van der Waals surface area contributed by atoms with Crippen molar-refractivity contribution in [3.8, 4) is 0 Å². The zero-order valence-corrected chi connectivity index (χ0v) is 19.2. The number of aromatic nitrogens is 1. The first-order chi connectivity index (χ1) is 16.1. The standard InChI is InChI=1S/C24H21BrN4O4/c25-18-5-6-21-16(11-18)12-22(33-21)24(31)27-26-13-17-14-29(20-4-2-1-3-19(17)20)15-23(30)28-7-9-32-10-8-28/h1-6,11-14H,7-10,15H2,(H,27,31)/b26-13-. The molecule has 1 aliphatic heterocycles. The zero-order chi connectivity index (χ0) is 22.8. The first-order valence-corrected chi connectivity index (χ1v) is 11.3. The summed E-state index contributed by atoms with van der Waals surface area (Å²) in [5, 5.41) is 5.89. The maximum atomic E-state index is 12.7. The van der Waals surface area contributed by atoms with Crippen LogP contribution >= 0.6 is 15.9 Å². The number of hydrogen-bond donors (Lipinski definition) is 1. The summed E-state index contributed by atoms with van der Waals surface area (Å²) in [7, 11) is 0. The molecule has 0 bridgehead atoms. The lowest BCUT2D eigenvalue weighted by molar-refractivity contribution is -0.135. The van der Waals surface area contributed by atoms with E-state index in [1.54, 1.807) is 18.3 Å². The normalized spacial score (nSPS) is 14.4. The Bertz CT molecular complexity index is 1370. The average molecular weight is 509 g/mol. The number of rotatable bonds is 5. The monoisotopic (exact) mass is 508 g/mol. The van der Waals surface area contributed by atoms with Gasteiger partial charge in [0.15, 0.2) is 5.76 Å². The minimum atomic E-state index is -0.440. The van der Waals surface area contributed by atoms with Gasteiger partial charge in [-0.15, -0.1) is 0 Å². The molecule has 8 nitrogen and oxygen atoms in total. The zero-order valence-electron chi connectivity index (χ0n) is 17.7. The summed E-state index contributed by atoms with van der Waals surface area (Å²) in [6.07, 6.45) is 3.45. The van der Waals surface area contributed by atoms with Crippen LogP contribution in [-0.2, 0) is 16.1 Å². The molecule has 0 radical (unpaired) electrons. The van der Waals surface area contributed by atoms with E-state index in [-0.39, 0.29) is 18.2 Å². The van der Waals surface area contributed by atoms with Gasteiger partial charge >= 0.3 is 5.91 Å².